The highest BCUT2D eigenvalue weighted by Crippen LogP contribution is 2.23. The number of rotatable bonds is 5. The Morgan fingerprint density at radius 2 is 2.25 bits per heavy atom. The third kappa shape index (κ3) is 3.32. The summed E-state index contributed by atoms with van der Waals surface area (Å²) < 4.78 is 9.53. The van der Waals surface area contributed by atoms with Crippen LogP contribution in [0.1, 0.15) is 17.3 Å². The van der Waals surface area contributed by atoms with Crippen LogP contribution < -0.4 is 5.32 Å². The van der Waals surface area contributed by atoms with Gasteiger partial charge in [0.2, 0.25) is 0 Å². The molecule has 1 N–H and O–H groups in total. The van der Waals surface area contributed by atoms with Crippen molar-refractivity contribution >= 4 is 28.2 Å². The minimum atomic E-state index is -0.434. The average Bonchev–Trinajstić information content (AvgIpc) is 2.66. The zero-order valence-corrected chi connectivity index (χ0v) is 9.93. The number of esters is 1. The predicted molar refractivity (Wildman–Crippen MR) is 60.8 cm³/mol. The first-order valence-electron chi connectivity index (χ1n) is 4.72. The SMILES string of the molecule is CCOC(=O)c1ccsc1NC(=O)COC. The predicted octanol–water partition coefficient (Wildman–Crippen LogP) is 1.51. The van der Waals surface area contributed by atoms with Crippen LogP contribution in [0.3, 0.4) is 0 Å². The van der Waals surface area contributed by atoms with Crippen molar-refractivity contribution in [2.45, 2.75) is 6.92 Å². The van der Waals surface area contributed by atoms with Crippen molar-refractivity contribution in [2.75, 3.05) is 25.6 Å². The van der Waals surface area contributed by atoms with Crippen molar-refractivity contribution < 1.29 is 19.1 Å². The Bertz CT molecular complexity index is 375. The maximum absolute atomic E-state index is 11.5. The summed E-state index contributed by atoms with van der Waals surface area (Å²) >= 11 is 1.27. The van der Waals surface area contributed by atoms with Gasteiger partial charge >= 0.3 is 5.97 Å². The summed E-state index contributed by atoms with van der Waals surface area (Å²) in [5.41, 5.74) is 0.372. The van der Waals surface area contributed by atoms with Crippen LogP contribution in [-0.2, 0) is 14.3 Å². The van der Waals surface area contributed by atoms with Crippen molar-refractivity contribution in [1.29, 1.82) is 0 Å². The molecule has 88 valence electrons. The molecular formula is C10H13NO4S. The highest BCUT2D eigenvalue weighted by Gasteiger charge is 2.15. The number of hydrogen-bond acceptors (Lipinski definition) is 5. The molecule has 16 heavy (non-hydrogen) atoms. The van der Waals surface area contributed by atoms with E-state index >= 15 is 0 Å². The van der Waals surface area contributed by atoms with Gasteiger partial charge in [-0.05, 0) is 18.4 Å². The van der Waals surface area contributed by atoms with Crippen LogP contribution >= 0.6 is 11.3 Å². The molecule has 1 aromatic heterocycles. The molecule has 0 unspecified atom stereocenters. The monoisotopic (exact) mass is 243 g/mol. The first kappa shape index (κ1) is 12.7. The maximum atomic E-state index is 11.5. The minimum absolute atomic E-state index is 0.0415. The fourth-order valence-electron chi connectivity index (χ4n) is 1.07. The summed E-state index contributed by atoms with van der Waals surface area (Å²) in [6.45, 7) is 1.99. The second kappa shape index (κ2) is 6.24. The van der Waals surface area contributed by atoms with Gasteiger partial charge in [-0.2, -0.15) is 0 Å². The number of amides is 1. The maximum Gasteiger partial charge on any atom is 0.341 e. The van der Waals surface area contributed by atoms with Gasteiger partial charge in [0.05, 0.1) is 12.2 Å². The minimum Gasteiger partial charge on any atom is -0.462 e. The van der Waals surface area contributed by atoms with Crippen LogP contribution in [0, 0.1) is 0 Å². The van der Waals surface area contributed by atoms with E-state index in [4.69, 9.17) is 4.74 Å². The molecule has 0 radical (unpaired) electrons. The Balaban J connectivity index is 2.70. The summed E-state index contributed by atoms with van der Waals surface area (Å²) in [5, 5.41) is 4.79. The lowest BCUT2D eigenvalue weighted by Gasteiger charge is -2.05. The van der Waals surface area contributed by atoms with E-state index in [-0.39, 0.29) is 12.5 Å². The summed E-state index contributed by atoms with van der Waals surface area (Å²) in [7, 11) is 1.43. The Labute approximate surface area is 97.4 Å². The Morgan fingerprint density at radius 1 is 1.50 bits per heavy atom. The number of carbonyl (C=O) groups is 2. The Kier molecular flexibility index (Phi) is 4.94. The number of hydrogen-bond donors (Lipinski definition) is 1. The summed E-state index contributed by atoms with van der Waals surface area (Å²) in [5.74, 6) is -0.730. The summed E-state index contributed by atoms with van der Waals surface area (Å²) in [6, 6.07) is 1.62. The quantitative estimate of drug-likeness (QED) is 0.796. The van der Waals surface area contributed by atoms with Crippen LogP contribution in [-0.4, -0.2) is 32.2 Å². The normalized spacial score (nSPS) is 9.88. The van der Waals surface area contributed by atoms with Gasteiger partial charge in [0.25, 0.3) is 5.91 Å². The number of thiophene rings is 1. The molecule has 6 heteroatoms. The lowest BCUT2D eigenvalue weighted by Crippen LogP contribution is -2.18. The Morgan fingerprint density at radius 3 is 2.88 bits per heavy atom. The number of carbonyl (C=O) groups excluding carboxylic acids is 2. The molecule has 1 aromatic rings. The number of nitrogens with one attached hydrogen (secondary N) is 1. The third-order valence-electron chi connectivity index (χ3n) is 1.69. The highest BCUT2D eigenvalue weighted by molar-refractivity contribution is 7.14. The molecule has 0 atom stereocenters. The number of anilines is 1. The van der Waals surface area contributed by atoms with E-state index in [1.54, 1.807) is 18.4 Å². The molecule has 5 nitrogen and oxygen atoms in total. The summed E-state index contributed by atoms with van der Waals surface area (Å²) in [6.07, 6.45) is 0. The van der Waals surface area contributed by atoms with Crippen molar-refractivity contribution in [1.82, 2.24) is 0 Å². The highest BCUT2D eigenvalue weighted by atomic mass is 32.1. The van der Waals surface area contributed by atoms with Gasteiger partial charge < -0.3 is 14.8 Å². The van der Waals surface area contributed by atoms with Gasteiger partial charge in [-0.1, -0.05) is 0 Å². The van der Waals surface area contributed by atoms with Gasteiger partial charge in [-0.15, -0.1) is 11.3 Å². The second-order valence-corrected chi connectivity index (χ2v) is 3.78. The van der Waals surface area contributed by atoms with Gasteiger partial charge in [0.15, 0.2) is 0 Å². The van der Waals surface area contributed by atoms with E-state index in [1.807, 2.05) is 0 Å². The van der Waals surface area contributed by atoms with E-state index in [0.717, 1.165) is 0 Å². The largest absolute Gasteiger partial charge is 0.462 e. The fourth-order valence-corrected chi connectivity index (χ4v) is 1.86. The number of methoxy groups -OCH3 is 1. The van der Waals surface area contributed by atoms with Crippen LogP contribution in [0.4, 0.5) is 5.00 Å². The first-order valence-corrected chi connectivity index (χ1v) is 5.60. The molecule has 0 saturated heterocycles. The van der Waals surface area contributed by atoms with E-state index in [0.29, 0.717) is 17.2 Å². The topological polar surface area (TPSA) is 64.6 Å². The molecular weight excluding hydrogens is 230 g/mol. The van der Waals surface area contributed by atoms with E-state index in [1.165, 1.54) is 18.4 Å². The summed E-state index contributed by atoms with van der Waals surface area (Å²) in [4.78, 5) is 22.7. The fraction of sp³-hybridized carbons (Fsp3) is 0.400. The van der Waals surface area contributed by atoms with Crippen LogP contribution in [0.15, 0.2) is 11.4 Å². The smallest absolute Gasteiger partial charge is 0.341 e. The second-order valence-electron chi connectivity index (χ2n) is 2.87. The lowest BCUT2D eigenvalue weighted by atomic mass is 10.3. The standard InChI is InChI=1S/C10H13NO4S/c1-3-15-10(13)7-4-5-16-9(7)11-8(12)6-14-2/h4-5H,3,6H2,1-2H3,(H,11,12). The molecule has 0 spiro atoms. The molecule has 0 aliphatic rings. The van der Waals surface area contributed by atoms with Crippen LogP contribution in [0.25, 0.3) is 0 Å². The molecule has 0 aliphatic heterocycles. The molecule has 1 heterocycles. The molecule has 0 aromatic carbocycles. The zero-order chi connectivity index (χ0) is 12.0. The van der Waals surface area contributed by atoms with Crippen molar-refractivity contribution in [3.63, 3.8) is 0 Å². The average molecular weight is 243 g/mol. The number of ether oxygens (including phenoxy) is 2. The first-order chi connectivity index (χ1) is 7.69. The van der Waals surface area contributed by atoms with Crippen LogP contribution in [0.5, 0.6) is 0 Å². The van der Waals surface area contributed by atoms with Crippen LogP contribution in [0.2, 0.25) is 0 Å². The van der Waals surface area contributed by atoms with E-state index in [9.17, 15) is 9.59 Å². The van der Waals surface area contributed by atoms with Crippen molar-refractivity contribution in [3.8, 4) is 0 Å². The molecule has 1 amide bonds. The van der Waals surface area contributed by atoms with E-state index < -0.39 is 5.97 Å². The van der Waals surface area contributed by atoms with Gasteiger partial charge in [-0.3, -0.25) is 4.79 Å². The Hall–Kier alpha value is -1.40. The third-order valence-corrected chi connectivity index (χ3v) is 2.52. The molecule has 0 fully saturated rings. The van der Waals surface area contributed by atoms with Gasteiger partial charge in [-0.25, -0.2) is 4.79 Å². The lowest BCUT2D eigenvalue weighted by molar-refractivity contribution is -0.119. The van der Waals surface area contributed by atoms with Crippen molar-refractivity contribution in [2.24, 2.45) is 0 Å². The van der Waals surface area contributed by atoms with E-state index in [2.05, 4.69) is 10.1 Å². The molecule has 0 saturated carbocycles. The van der Waals surface area contributed by atoms with Gasteiger partial charge in [0, 0.05) is 7.11 Å². The molecule has 1 rings (SSSR count). The molecule has 0 bridgehead atoms. The van der Waals surface area contributed by atoms with Gasteiger partial charge in [0.1, 0.15) is 11.6 Å². The zero-order valence-electron chi connectivity index (χ0n) is 9.11. The molecule has 0 aliphatic carbocycles. The van der Waals surface area contributed by atoms with Crippen molar-refractivity contribution in [3.05, 3.63) is 17.0 Å².